The Morgan fingerprint density at radius 3 is 2.66 bits per heavy atom. The number of nitrogens with one attached hydrogen (secondary N) is 1. The quantitative estimate of drug-likeness (QED) is 0.129. The van der Waals surface area contributed by atoms with Crippen molar-refractivity contribution in [3.05, 3.63) is 49.5 Å². The number of ether oxygens (including phenoxy) is 1. The van der Waals surface area contributed by atoms with Crippen LogP contribution in [0.1, 0.15) is 58.5 Å². The zero-order valence-electron chi connectivity index (χ0n) is 20.0. The molecule has 0 radical (unpaired) electrons. The molecule has 6 nitrogen and oxygen atoms in total. The van der Waals surface area contributed by atoms with E-state index in [0.29, 0.717) is 17.5 Å². The van der Waals surface area contributed by atoms with Crippen LogP contribution >= 0.6 is 34.4 Å². The van der Waals surface area contributed by atoms with Crippen molar-refractivity contribution < 1.29 is 4.74 Å². The lowest BCUT2D eigenvalue weighted by Gasteiger charge is -2.18. The zero-order valence-corrected chi connectivity index (χ0v) is 22.5. The van der Waals surface area contributed by atoms with Crippen LogP contribution < -0.4 is 10.9 Å². The predicted molar refractivity (Wildman–Crippen MR) is 146 cm³/mol. The molecule has 3 aromatic rings. The van der Waals surface area contributed by atoms with Crippen LogP contribution in [0.15, 0.2) is 22.6 Å². The van der Waals surface area contributed by atoms with Crippen molar-refractivity contribution in [1.82, 2.24) is 9.55 Å². The highest BCUT2D eigenvalue weighted by Gasteiger charge is 2.24. The van der Waals surface area contributed by atoms with E-state index in [4.69, 9.17) is 9.72 Å². The highest BCUT2D eigenvalue weighted by molar-refractivity contribution is 7.99. The number of hydrogen-bond acceptors (Lipinski definition) is 8. The molecule has 2 aliphatic carbocycles. The summed E-state index contributed by atoms with van der Waals surface area (Å²) in [4.78, 5) is 21.9. The van der Waals surface area contributed by atoms with Gasteiger partial charge < -0.3 is 10.1 Å². The Bertz CT molecular complexity index is 1350. The summed E-state index contributed by atoms with van der Waals surface area (Å²) < 4.78 is 7.49. The van der Waals surface area contributed by atoms with E-state index in [0.717, 1.165) is 59.3 Å². The molecule has 0 fully saturated rings. The van der Waals surface area contributed by atoms with E-state index in [-0.39, 0.29) is 11.8 Å². The third-order valence-electron chi connectivity index (χ3n) is 6.83. The van der Waals surface area contributed by atoms with Crippen LogP contribution in [0.25, 0.3) is 10.2 Å². The Hall–Kier alpha value is -2.12. The maximum Gasteiger partial charge on any atom is 0.263 e. The Morgan fingerprint density at radius 2 is 1.89 bits per heavy atom. The highest BCUT2D eigenvalue weighted by atomic mass is 32.2. The number of fused-ring (bicyclic) bond motifs is 4. The molecule has 0 saturated carbocycles. The van der Waals surface area contributed by atoms with E-state index in [9.17, 15) is 10.1 Å². The van der Waals surface area contributed by atoms with Crippen LogP contribution in [0, 0.1) is 11.3 Å². The van der Waals surface area contributed by atoms with Crippen LogP contribution in [0.2, 0.25) is 0 Å². The second-order valence-corrected chi connectivity index (χ2v) is 12.2. The average molecular weight is 527 g/mol. The Morgan fingerprint density at radius 1 is 1.17 bits per heavy atom. The topological polar surface area (TPSA) is 79.9 Å². The summed E-state index contributed by atoms with van der Waals surface area (Å²) in [7, 11) is 1.67. The summed E-state index contributed by atoms with van der Waals surface area (Å²) in [5.41, 5.74) is 3.23. The second kappa shape index (κ2) is 10.9. The number of nitriles is 1. The zero-order chi connectivity index (χ0) is 24.4. The van der Waals surface area contributed by atoms with Gasteiger partial charge >= 0.3 is 0 Å². The molecule has 0 saturated heterocycles. The minimum absolute atomic E-state index is 0.0347. The summed E-state index contributed by atoms with van der Waals surface area (Å²) in [5, 5.41) is 15.7. The molecule has 3 heterocycles. The lowest BCUT2D eigenvalue weighted by Crippen LogP contribution is -2.27. The Kier molecular flexibility index (Phi) is 7.63. The highest BCUT2D eigenvalue weighted by Crippen LogP contribution is 2.38. The number of anilines is 1. The SMILES string of the molecule is C=CCn1c(SCC(Nc2sc3c(c2C#N)CCCCC3)OC)nc2sc3c(c2c1=O)CCCC3. The third kappa shape index (κ3) is 4.82. The number of allylic oxidation sites excluding steroid dienone is 1. The minimum atomic E-state index is -0.310. The van der Waals surface area contributed by atoms with Gasteiger partial charge in [-0.3, -0.25) is 9.36 Å². The third-order valence-corrected chi connectivity index (χ3v) is 10.3. The van der Waals surface area contributed by atoms with Crippen molar-refractivity contribution in [3.63, 3.8) is 0 Å². The summed E-state index contributed by atoms with van der Waals surface area (Å²) in [5.74, 6) is 0.560. The van der Waals surface area contributed by atoms with Gasteiger partial charge in [-0.15, -0.1) is 29.3 Å². The summed E-state index contributed by atoms with van der Waals surface area (Å²) in [6, 6.07) is 2.43. The molecule has 0 aromatic carbocycles. The lowest BCUT2D eigenvalue weighted by molar-refractivity contribution is 0.145. The molecular formula is C26H30N4O2S3. The molecule has 2 aliphatic rings. The molecule has 35 heavy (non-hydrogen) atoms. The number of thioether (sulfide) groups is 1. The van der Waals surface area contributed by atoms with Crippen molar-refractivity contribution >= 4 is 49.7 Å². The number of aryl methyl sites for hydroxylation is 3. The first-order chi connectivity index (χ1) is 17.1. The van der Waals surface area contributed by atoms with Crippen LogP contribution in [0.5, 0.6) is 0 Å². The summed E-state index contributed by atoms with van der Waals surface area (Å²) >= 11 is 4.88. The molecule has 5 rings (SSSR count). The molecule has 184 valence electrons. The number of hydrogen-bond donors (Lipinski definition) is 1. The number of nitrogens with zero attached hydrogens (tertiary/aromatic N) is 3. The van der Waals surface area contributed by atoms with Crippen molar-refractivity contribution in [2.75, 3.05) is 18.2 Å². The van der Waals surface area contributed by atoms with Gasteiger partial charge in [-0.1, -0.05) is 24.3 Å². The van der Waals surface area contributed by atoms with Crippen molar-refractivity contribution in [2.45, 2.75) is 75.7 Å². The van der Waals surface area contributed by atoms with Crippen molar-refractivity contribution in [2.24, 2.45) is 0 Å². The first-order valence-electron chi connectivity index (χ1n) is 12.3. The van der Waals surface area contributed by atoms with E-state index < -0.39 is 0 Å². The molecule has 0 aliphatic heterocycles. The van der Waals surface area contributed by atoms with Gasteiger partial charge in [0.2, 0.25) is 0 Å². The van der Waals surface area contributed by atoms with Gasteiger partial charge in [-0.25, -0.2) is 4.98 Å². The van der Waals surface area contributed by atoms with Gasteiger partial charge in [-0.05, 0) is 62.5 Å². The van der Waals surface area contributed by atoms with E-state index in [1.165, 1.54) is 51.9 Å². The van der Waals surface area contributed by atoms with E-state index in [1.54, 1.807) is 40.4 Å². The fourth-order valence-electron chi connectivity index (χ4n) is 5.05. The number of rotatable bonds is 8. The summed E-state index contributed by atoms with van der Waals surface area (Å²) in [6.45, 7) is 4.28. The maximum atomic E-state index is 13.5. The average Bonchev–Trinajstić information content (AvgIpc) is 3.31. The molecule has 1 atom stereocenters. The maximum absolute atomic E-state index is 13.5. The van der Waals surface area contributed by atoms with Gasteiger partial charge in [0.15, 0.2) is 5.16 Å². The molecule has 3 aromatic heterocycles. The monoisotopic (exact) mass is 526 g/mol. The standard InChI is InChI=1S/C26H30N4O2S3/c1-3-13-30-25(31)22-17-10-7-8-12-20(17)35-24(22)29-26(30)33-15-21(32-2)28-23-18(14-27)16-9-5-4-6-11-19(16)34-23/h3,21,28H,1,4-13,15H2,2H3. The van der Waals surface area contributed by atoms with Gasteiger partial charge in [0, 0.05) is 29.2 Å². The second-order valence-electron chi connectivity index (χ2n) is 9.05. The van der Waals surface area contributed by atoms with Gasteiger partial charge in [0.25, 0.3) is 5.56 Å². The van der Waals surface area contributed by atoms with E-state index >= 15 is 0 Å². The van der Waals surface area contributed by atoms with Crippen LogP contribution in [-0.2, 0) is 37.0 Å². The van der Waals surface area contributed by atoms with Crippen molar-refractivity contribution in [1.29, 1.82) is 5.26 Å². The number of aromatic nitrogens is 2. The lowest BCUT2D eigenvalue weighted by atomic mass is 9.97. The molecule has 1 N–H and O–H groups in total. The number of thiophene rings is 2. The first kappa shape index (κ1) is 24.6. The fourth-order valence-corrected chi connectivity index (χ4v) is 8.63. The van der Waals surface area contributed by atoms with E-state index in [2.05, 4.69) is 18.0 Å². The van der Waals surface area contributed by atoms with Gasteiger partial charge in [0.05, 0.1) is 10.9 Å². The summed E-state index contributed by atoms with van der Waals surface area (Å²) in [6.07, 6.45) is 11.3. The smallest absolute Gasteiger partial charge is 0.263 e. The normalized spacial score (nSPS) is 16.2. The van der Waals surface area contributed by atoms with Gasteiger partial charge in [0.1, 0.15) is 22.1 Å². The van der Waals surface area contributed by atoms with Crippen LogP contribution in [-0.4, -0.2) is 28.6 Å². The molecule has 9 heteroatoms. The minimum Gasteiger partial charge on any atom is -0.361 e. The Balaban J connectivity index is 1.40. The Labute approximate surface area is 218 Å². The molecule has 0 amide bonds. The van der Waals surface area contributed by atoms with E-state index in [1.807, 2.05) is 0 Å². The van der Waals surface area contributed by atoms with Gasteiger partial charge in [-0.2, -0.15) is 5.26 Å². The largest absolute Gasteiger partial charge is 0.361 e. The first-order valence-corrected chi connectivity index (χ1v) is 14.9. The number of methoxy groups -OCH3 is 1. The molecular weight excluding hydrogens is 497 g/mol. The molecule has 0 bridgehead atoms. The van der Waals surface area contributed by atoms with Crippen LogP contribution in [0.4, 0.5) is 5.00 Å². The predicted octanol–water partition coefficient (Wildman–Crippen LogP) is 5.90. The van der Waals surface area contributed by atoms with Crippen molar-refractivity contribution in [3.8, 4) is 6.07 Å². The fraction of sp³-hybridized carbons (Fsp3) is 0.500. The molecule has 1 unspecified atom stereocenters. The molecule has 0 spiro atoms. The van der Waals surface area contributed by atoms with Crippen LogP contribution in [0.3, 0.4) is 0 Å².